The standard InChI is InChI=1S/C36H32ClFN6O5S.C32H30ClFN6O4S/c1-49-35(47)30-29(40-32(33-39-12-15-50-33)41-31(30)27-11-10-25(38)16-28(27)37)20-42-13-14-44-26(18-42)19-43(36(44)48)17-21-2-4-22(5-3-21)23-6-8-24(9-7-23)34(45)46;1-44-31(42)27-26(36-29(30-35-10-14-45-30)37-28(27)24-9-8-22(34)15-25(24)33)18-38-12-13-40-23(16-38)17-39(32(40)43)11-2-3-20-4-6-21(19-41)7-5-20/h2-12,15-16,26,31H,13-14,17-20H2,1H3,(H,40,41)(H,45,46);4-10,14-15,23,28,41H,11-13,16-19H2,1H3,(H,36,37)/t26-,31-;23-,28-/m00/s1. The molecular formula is C68H62Cl2F2N12O9S2. The monoisotopic (exact) mass is 1360 g/mol. The number of ether oxygens (including phenoxy) is 2. The number of halogens is 4. The highest BCUT2D eigenvalue weighted by Crippen LogP contribution is 2.40. The van der Waals surface area contributed by atoms with E-state index in [2.05, 4.69) is 42.2 Å². The van der Waals surface area contributed by atoms with Crippen LogP contribution in [0.3, 0.4) is 0 Å². The van der Waals surface area contributed by atoms with Gasteiger partial charge in [-0.15, -0.1) is 22.7 Å². The minimum atomic E-state index is -0.966. The lowest BCUT2D eigenvalue weighted by molar-refractivity contribution is -0.137. The summed E-state index contributed by atoms with van der Waals surface area (Å²) in [5.41, 5.74) is 7.36. The molecule has 21 nitrogen and oxygen atoms in total. The number of aliphatic hydroxyl groups is 1. The van der Waals surface area contributed by atoms with Gasteiger partial charge in [-0.2, -0.15) is 0 Å². The van der Waals surface area contributed by atoms with Gasteiger partial charge in [0.2, 0.25) is 0 Å². The quantitative estimate of drug-likeness (QED) is 0.0522. The smallest absolute Gasteiger partial charge is 0.338 e. The number of methoxy groups -OCH3 is 2. The molecule has 4 N–H and O–H groups in total. The lowest BCUT2D eigenvalue weighted by Gasteiger charge is -2.38. The van der Waals surface area contributed by atoms with Gasteiger partial charge in [-0.25, -0.2) is 42.7 Å². The molecule has 7 aromatic rings. The lowest BCUT2D eigenvalue weighted by atomic mass is 9.95. The Kier molecular flexibility index (Phi) is 20.1. The number of carbonyl (C=O) groups is 5. The van der Waals surface area contributed by atoms with Gasteiger partial charge in [0.15, 0.2) is 21.7 Å². The first-order valence-corrected chi connectivity index (χ1v) is 32.7. The Balaban J connectivity index is 0.000000183. The number of esters is 2. The average molecular weight is 1360 g/mol. The molecule has 6 aliphatic rings. The number of nitrogens with one attached hydrogen (secondary N) is 2. The molecule has 0 bridgehead atoms. The van der Waals surface area contributed by atoms with Crippen LogP contribution in [0.2, 0.25) is 10.0 Å². The van der Waals surface area contributed by atoms with Crippen molar-refractivity contribution in [1.29, 1.82) is 0 Å². The van der Waals surface area contributed by atoms with Crippen LogP contribution in [-0.2, 0) is 32.2 Å². The van der Waals surface area contributed by atoms with Gasteiger partial charge in [0.05, 0.1) is 56.2 Å². The number of rotatable bonds is 16. The van der Waals surface area contributed by atoms with Crippen molar-refractivity contribution in [1.82, 2.24) is 50.0 Å². The predicted molar refractivity (Wildman–Crippen MR) is 355 cm³/mol. The van der Waals surface area contributed by atoms with Crippen LogP contribution in [0.25, 0.3) is 11.1 Å². The van der Waals surface area contributed by atoms with Crippen molar-refractivity contribution in [3.8, 4) is 23.0 Å². The summed E-state index contributed by atoms with van der Waals surface area (Å²) in [5, 5.41) is 30.3. The van der Waals surface area contributed by atoms with E-state index < -0.39 is 41.6 Å². The number of aromatic carboxylic acids is 1. The van der Waals surface area contributed by atoms with Gasteiger partial charge in [-0.05, 0) is 70.8 Å². The summed E-state index contributed by atoms with van der Waals surface area (Å²) in [4.78, 5) is 94.6. The summed E-state index contributed by atoms with van der Waals surface area (Å²) in [5.74, 6) is 4.02. The number of carboxylic acid groups (broad SMARTS) is 1. The van der Waals surface area contributed by atoms with Crippen LogP contribution in [-0.4, -0.2) is 190 Å². The van der Waals surface area contributed by atoms with Crippen molar-refractivity contribution >= 4 is 87.5 Å². The second-order valence-corrected chi connectivity index (χ2v) is 25.6. The Hall–Kier alpha value is -9.39. The summed E-state index contributed by atoms with van der Waals surface area (Å²) in [7, 11) is 2.61. The van der Waals surface area contributed by atoms with E-state index in [4.69, 9.17) is 42.7 Å². The zero-order valence-electron chi connectivity index (χ0n) is 51.3. The number of nitrogens with zero attached hydrogens (tertiary/aromatic N) is 10. The largest absolute Gasteiger partial charge is 0.478 e. The lowest BCUT2D eigenvalue weighted by Crippen LogP contribution is -2.53. The molecule has 4 fully saturated rings. The number of hydrogen-bond donors (Lipinski definition) is 4. The number of thiazole rings is 2. The number of hydrogen-bond acceptors (Lipinski definition) is 18. The molecule has 95 heavy (non-hydrogen) atoms. The fourth-order valence-corrected chi connectivity index (χ4v) is 14.1. The summed E-state index contributed by atoms with van der Waals surface area (Å²) in [6, 6.07) is 28.2. The third kappa shape index (κ3) is 14.6. The minimum absolute atomic E-state index is 0.0163. The molecule has 4 atom stereocenters. The third-order valence-electron chi connectivity index (χ3n) is 17.1. The van der Waals surface area contributed by atoms with E-state index in [0.717, 1.165) is 27.8 Å². The van der Waals surface area contributed by atoms with Crippen LogP contribution in [0.5, 0.6) is 0 Å². The number of carboxylic acids is 1. The number of aliphatic hydroxyl groups excluding tert-OH is 1. The first-order chi connectivity index (χ1) is 46.0. The zero-order chi connectivity index (χ0) is 66.4. The van der Waals surface area contributed by atoms with Crippen molar-refractivity contribution in [3.05, 3.63) is 220 Å². The van der Waals surface area contributed by atoms with E-state index in [0.29, 0.717) is 123 Å². The van der Waals surface area contributed by atoms with Crippen LogP contribution in [0.1, 0.15) is 60.3 Å². The number of urea groups is 2. The molecule has 0 aliphatic carbocycles. The van der Waals surface area contributed by atoms with Gasteiger partial charge in [0.25, 0.3) is 0 Å². The van der Waals surface area contributed by atoms with Crippen LogP contribution in [0.15, 0.2) is 165 Å². The van der Waals surface area contributed by atoms with E-state index in [-0.39, 0.29) is 57.5 Å². The SMILES string of the molecule is COC(=O)C1=C(CN2CCN3C(=O)N(CC#Cc4ccc(CO)cc4)C[C@@H]3C2)NC(c2nccs2)=N[C@H]1c1ccc(F)cc1Cl.COC(=O)C1=C(CN2CCN3C(=O)N(Cc4ccc(-c5ccc(C(=O)O)cc5)cc4)C[C@@H]3C2)NC(c2nccs2)=N[C@H]1c1ccc(F)cc1Cl. The topological polar surface area (TPSA) is 238 Å². The van der Waals surface area contributed by atoms with Crippen molar-refractivity contribution < 1.29 is 52.4 Å². The van der Waals surface area contributed by atoms with E-state index >= 15 is 0 Å². The van der Waals surface area contributed by atoms with E-state index in [1.54, 1.807) is 41.6 Å². The number of benzene rings is 5. The number of amidine groups is 2. The van der Waals surface area contributed by atoms with Gasteiger partial charge in [0.1, 0.15) is 23.7 Å². The van der Waals surface area contributed by atoms with Crippen molar-refractivity contribution in [2.45, 2.75) is 37.3 Å². The Morgan fingerprint density at radius 3 is 1.55 bits per heavy atom. The van der Waals surface area contributed by atoms with Gasteiger partial charge in [0, 0.05) is 133 Å². The van der Waals surface area contributed by atoms with Gasteiger partial charge in [-0.1, -0.05) is 95.7 Å². The highest BCUT2D eigenvalue weighted by molar-refractivity contribution is 7.12. The fraction of sp³-hybridized carbons (Fsp3) is 0.279. The highest BCUT2D eigenvalue weighted by atomic mass is 35.5. The van der Waals surface area contributed by atoms with Gasteiger partial charge < -0.3 is 49.9 Å². The van der Waals surface area contributed by atoms with Crippen LogP contribution < -0.4 is 10.6 Å². The fourth-order valence-electron chi connectivity index (χ4n) is 12.4. The maximum absolute atomic E-state index is 14.0. The van der Waals surface area contributed by atoms with Gasteiger partial charge in [-0.3, -0.25) is 19.8 Å². The first-order valence-electron chi connectivity index (χ1n) is 30.2. The number of aromatic nitrogens is 2. The van der Waals surface area contributed by atoms with Crippen LogP contribution in [0, 0.1) is 23.5 Å². The maximum Gasteiger partial charge on any atom is 0.338 e. The Morgan fingerprint density at radius 1 is 0.621 bits per heavy atom. The number of aliphatic imine (C=N–C) groups is 2. The molecule has 27 heteroatoms. The number of fused-ring (bicyclic) bond motifs is 2. The average Bonchev–Trinajstić information content (AvgIpc) is 1.44. The van der Waals surface area contributed by atoms with Crippen LogP contribution >= 0.6 is 45.9 Å². The van der Waals surface area contributed by atoms with Crippen LogP contribution in [0.4, 0.5) is 18.4 Å². The van der Waals surface area contributed by atoms with E-state index in [9.17, 15) is 43.0 Å². The summed E-state index contributed by atoms with van der Waals surface area (Å²) >= 11 is 15.8. The maximum atomic E-state index is 14.0. The van der Waals surface area contributed by atoms with Crippen molar-refractivity contribution in [2.75, 3.05) is 86.2 Å². The van der Waals surface area contributed by atoms with Gasteiger partial charge >= 0.3 is 30.0 Å². The molecular weight excluding hydrogens is 1300 g/mol. The zero-order valence-corrected chi connectivity index (χ0v) is 54.4. The highest BCUT2D eigenvalue weighted by Gasteiger charge is 2.44. The molecule has 0 spiro atoms. The minimum Gasteiger partial charge on any atom is -0.478 e. The van der Waals surface area contributed by atoms with Crippen molar-refractivity contribution in [2.24, 2.45) is 9.98 Å². The molecule has 8 heterocycles. The summed E-state index contributed by atoms with van der Waals surface area (Å²) in [6.07, 6.45) is 3.34. The second-order valence-electron chi connectivity index (χ2n) is 23.0. The Morgan fingerprint density at radius 2 is 1.09 bits per heavy atom. The molecule has 4 amide bonds. The molecule has 6 aliphatic heterocycles. The third-order valence-corrected chi connectivity index (χ3v) is 19.3. The Labute approximate surface area is 563 Å². The molecule has 5 aromatic carbocycles. The van der Waals surface area contributed by atoms with E-state index in [1.165, 1.54) is 73.3 Å². The summed E-state index contributed by atoms with van der Waals surface area (Å²) < 4.78 is 38.4. The van der Waals surface area contributed by atoms with Crippen molar-refractivity contribution in [3.63, 3.8) is 0 Å². The Bertz CT molecular complexity index is 4260. The number of amides is 4. The molecule has 2 aromatic heterocycles. The first kappa shape index (κ1) is 65.7. The summed E-state index contributed by atoms with van der Waals surface area (Å²) in [6.45, 7) is 5.90. The second kappa shape index (κ2) is 29.1. The number of piperazine rings is 2. The normalized spacial score (nSPS) is 19.6. The molecule has 13 rings (SSSR count). The molecule has 0 unspecified atom stereocenters. The molecule has 0 saturated carbocycles. The molecule has 4 saturated heterocycles. The molecule has 0 radical (unpaired) electrons. The predicted octanol–water partition coefficient (Wildman–Crippen LogP) is 8.86. The van der Waals surface area contributed by atoms with E-state index in [1.807, 2.05) is 74.0 Å². The number of carbonyl (C=O) groups excluding carboxylic acids is 4. The molecule has 488 valence electrons.